The fourth-order valence-corrected chi connectivity index (χ4v) is 1.57. The number of piperazine rings is 1. The van der Waals surface area contributed by atoms with Crippen molar-refractivity contribution in [2.45, 2.75) is 19.9 Å². The van der Waals surface area contributed by atoms with Crippen molar-refractivity contribution in [3.8, 4) is 0 Å². The molecule has 1 aromatic rings. The van der Waals surface area contributed by atoms with Gasteiger partial charge in [0, 0.05) is 6.07 Å². The highest BCUT2D eigenvalue weighted by Gasteiger charge is 2.35. The zero-order valence-electron chi connectivity index (χ0n) is 9.39. The zero-order chi connectivity index (χ0) is 12.6. The molecule has 1 aliphatic heterocycles. The Morgan fingerprint density at radius 3 is 2.88 bits per heavy atom. The van der Waals surface area contributed by atoms with E-state index in [0.29, 0.717) is 5.69 Å². The minimum Gasteiger partial charge on any atom is -0.351 e. The molecule has 1 N–H and O–H groups in total. The van der Waals surface area contributed by atoms with Gasteiger partial charge in [0.05, 0.1) is 5.69 Å². The number of amides is 3. The second kappa shape index (κ2) is 4.00. The molecule has 0 aliphatic carbocycles. The van der Waals surface area contributed by atoms with Gasteiger partial charge in [-0.05, 0) is 13.8 Å². The predicted molar refractivity (Wildman–Crippen MR) is 54.9 cm³/mol. The molecule has 1 aliphatic rings. The lowest BCUT2D eigenvalue weighted by Crippen LogP contribution is -2.58. The molecule has 1 aromatic heterocycles. The van der Waals surface area contributed by atoms with Crippen LogP contribution in [-0.2, 0) is 9.59 Å². The normalized spacial score (nSPS) is 20.4. The van der Waals surface area contributed by atoms with Gasteiger partial charge in [0.1, 0.15) is 12.6 Å². The van der Waals surface area contributed by atoms with Gasteiger partial charge < -0.3 is 9.42 Å². The van der Waals surface area contributed by atoms with E-state index in [1.165, 1.54) is 6.07 Å². The van der Waals surface area contributed by atoms with Crippen LogP contribution in [0.4, 0.5) is 0 Å². The summed E-state index contributed by atoms with van der Waals surface area (Å²) in [6.45, 7) is 3.06. The Bertz CT molecular complexity index is 493. The molecular weight excluding hydrogens is 226 g/mol. The zero-order valence-corrected chi connectivity index (χ0v) is 9.39. The molecule has 0 bridgehead atoms. The molecule has 17 heavy (non-hydrogen) atoms. The van der Waals surface area contributed by atoms with Crippen LogP contribution in [0.25, 0.3) is 0 Å². The summed E-state index contributed by atoms with van der Waals surface area (Å²) in [4.78, 5) is 35.7. The van der Waals surface area contributed by atoms with Crippen LogP contribution in [0.2, 0.25) is 0 Å². The number of imide groups is 1. The number of carbonyl (C=O) groups excluding carboxylic acids is 3. The monoisotopic (exact) mass is 237 g/mol. The maximum atomic E-state index is 12.0. The summed E-state index contributed by atoms with van der Waals surface area (Å²) < 4.78 is 4.81. The van der Waals surface area contributed by atoms with Gasteiger partial charge in [0.15, 0.2) is 0 Å². The summed E-state index contributed by atoms with van der Waals surface area (Å²) in [5, 5.41) is 5.74. The fourth-order valence-electron chi connectivity index (χ4n) is 1.57. The SMILES string of the molecule is Cc1cc(C(=O)N2CC(=O)NC(=O)C2C)on1. The Morgan fingerprint density at radius 2 is 2.29 bits per heavy atom. The Kier molecular flexibility index (Phi) is 2.66. The van der Waals surface area contributed by atoms with Crippen LogP contribution in [0, 0.1) is 6.92 Å². The molecule has 2 heterocycles. The Hall–Kier alpha value is -2.18. The van der Waals surface area contributed by atoms with E-state index in [9.17, 15) is 14.4 Å². The number of nitrogens with one attached hydrogen (secondary N) is 1. The first kappa shape index (κ1) is 11.3. The summed E-state index contributed by atoms with van der Waals surface area (Å²) in [6, 6.07) is 0.761. The Morgan fingerprint density at radius 1 is 1.59 bits per heavy atom. The van der Waals surface area contributed by atoms with E-state index in [1.807, 2.05) is 0 Å². The van der Waals surface area contributed by atoms with Crippen LogP contribution in [0.15, 0.2) is 10.6 Å². The minimum atomic E-state index is -0.703. The molecule has 0 radical (unpaired) electrons. The van der Waals surface area contributed by atoms with Crippen molar-refractivity contribution in [2.75, 3.05) is 6.54 Å². The third kappa shape index (κ3) is 2.03. The first-order valence-electron chi connectivity index (χ1n) is 5.07. The smallest absolute Gasteiger partial charge is 0.293 e. The molecule has 0 aromatic carbocycles. The average molecular weight is 237 g/mol. The largest absolute Gasteiger partial charge is 0.351 e. The van der Waals surface area contributed by atoms with E-state index >= 15 is 0 Å². The lowest BCUT2D eigenvalue weighted by Gasteiger charge is -2.30. The quantitative estimate of drug-likeness (QED) is 0.663. The third-order valence-electron chi connectivity index (χ3n) is 2.52. The van der Waals surface area contributed by atoms with Gasteiger partial charge in [0.25, 0.3) is 5.91 Å². The molecule has 1 atom stereocenters. The highest BCUT2D eigenvalue weighted by Crippen LogP contribution is 2.12. The standard InChI is InChI=1S/C10H11N3O4/c1-5-3-7(17-12-5)10(16)13-4-8(14)11-9(15)6(13)2/h3,6H,4H2,1-2H3,(H,11,14,15). The second-order valence-electron chi connectivity index (χ2n) is 3.85. The van der Waals surface area contributed by atoms with Crippen LogP contribution < -0.4 is 5.32 Å². The van der Waals surface area contributed by atoms with E-state index in [2.05, 4.69) is 10.5 Å². The van der Waals surface area contributed by atoms with Crippen LogP contribution in [-0.4, -0.2) is 40.4 Å². The van der Waals surface area contributed by atoms with Crippen molar-refractivity contribution in [1.29, 1.82) is 0 Å². The maximum Gasteiger partial charge on any atom is 0.293 e. The molecule has 7 heteroatoms. The average Bonchev–Trinajstić information content (AvgIpc) is 2.69. The topological polar surface area (TPSA) is 92.5 Å². The van der Waals surface area contributed by atoms with Gasteiger partial charge in [-0.1, -0.05) is 5.16 Å². The van der Waals surface area contributed by atoms with E-state index in [4.69, 9.17) is 4.52 Å². The van der Waals surface area contributed by atoms with Gasteiger partial charge in [-0.2, -0.15) is 0 Å². The van der Waals surface area contributed by atoms with Crippen molar-refractivity contribution in [2.24, 2.45) is 0 Å². The minimum absolute atomic E-state index is 0.0249. The highest BCUT2D eigenvalue weighted by molar-refractivity contribution is 6.06. The van der Waals surface area contributed by atoms with E-state index < -0.39 is 23.8 Å². The van der Waals surface area contributed by atoms with Gasteiger partial charge in [-0.3, -0.25) is 19.7 Å². The lowest BCUT2D eigenvalue weighted by atomic mass is 10.2. The van der Waals surface area contributed by atoms with Crippen LogP contribution in [0.5, 0.6) is 0 Å². The number of rotatable bonds is 1. The summed E-state index contributed by atoms with van der Waals surface area (Å²) in [5.74, 6) is -1.48. The van der Waals surface area contributed by atoms with Crippen molar-refractivity contribution in [1.82, 2.24) is 15.4 Å². The molecule has 3 amide bonds. The molecule has 0 saturated carbocycles. The molecule has 90 valence electrons. The third-order valence-corrected chi connectivity index (χ3v) is 2.52. The first-order chi connectivity index (χ1) is 7.99. The summed E-state index contributed by atoms with van der Waals surface area (Å²) in [6.07, 6.45) is 0. The van der Waals surface area contributed by atoms with E-state index in [1.54, 1.807) is 13.8 Å². The molecule has 7 nitrogen and oxygen atoms in total. The number of hydrogen-bond acceptors (Lipinski definition) is 5. The van der Waals surface area contributed by atoms with Crippen molar-refractivity contribution < 1.29 is 18.9 Å². The van der Waals surface area contributed by atoms with Gasteiger partial charge in [0.2, 0.25) is 17.6 Å². The van der Waals surface area contributed by atoms with Gasteiger partial charge in [-0.25, -0.2) is 0 Å². The molecule has 1 unspecified atom stereocenters. The van der Waals surface area contributed by atoms with Crippen molar-refractivity contribution in [3.05, 3.63) is 17.5 Å². The van der Waals surface area contributed by atoms with Crippen molar-refractivity contribution >= 4 is 17.7 Å². The number of aromatic nitrogens is 1. The molecule has 2 rings (SSSR count). The highest BCUT2D eigenvalue weighted by atomic mass is 16.5. The lowest BCUT2D eigenvalue weighted by molar-refractivity contribution is -0.138. The summed E-state index contributed by atoms with van der Waals surface area (Å²) in [5.41, 5.74) is 0.564. The van der Waals surface area contributed by atoms with E-state index in [0.717, 1.165) is 4.90 Å². The summed E-state index contributed by atoms with van der Waals surface area (Å²) >= 11 is 0. The number of carbonyl (C=O) groups is 3. The Balaban J connectivity index is 2.24. The van der Waals surface area contributed by atoms with Gasteiger partial charge >= 0.3 is 0 Å². The molecule has 1 fully saturated rings. The van der Waals surface area contributed by atoms with E-state index in [-0.39, 0.29) is 12.3 Å². The number of hydrogen-bond donors (Lipinski definition) is 1. The van der Waals surface area contributed by atoms with Crippen LogP contribution in [0.3, 0.4) is 0 Å². The second-order valence-corrected chi connectivity index (χ2v) is 3.85. The van der Waals surface area contributed by atoms with Gasteiger partial charge in [-0.15, -0.1) is 0 Å². The summed E-state index contributed by atoms with van der Waals surface area (Å²) in [7, 11) is 0. The van der Waals surface area contributed by atoms with Crippen LogP contribution >= 0.6 is 0 Å². The molecular formula is C10H11N3O4. The maximum absolute atomic E-state index is 12.0. The molecule has 0 spiro atoms. The van der Waals surface area contributed by atoms with Crippen LogP contribution in [0.1, 0.15) is 23.2 Å². The first-order valence-corrected chi connectivity index (χ1v) is 5.07. The fraction of sp³-hybridized carbons (Fsp3) is 0.400. The number of aryl methyl sites for hydroxylation is 1. The molecule has 1 saturated heterocycles. The Labute approximate surface area is 96.7 Å². The predicted octanol–water partition coefficient (Wildman–Crippen LogP) is -0.530. The number of nitrogens with zero attached hydrogens (tertiary/aromatic N) is 2. The van der Waals surface area contributed by atoms with Crippen molar-refractivity contribution in [3.63, 3.8) is 0 Å².